The maximum atomic E-state index is 11.1. The Kier molecular flexibility index (Phi) is 3.52. The number of phenolic OH excluding ortho intramolecular Hbond substituents is 1. The first-order chi connectivity index (χ1) is 9.47. The number of aromatic hydroxyl groups is 1. The molecule has 0 saturated heterocycles. The Labute approximate surface area is 113 Å². The summed E-state index contributed by atoms with van der Waals surface area (Å²) in [6.07, 6.45) is 0. The van der Waals surface area contributed by atoms with Gasteiger partial charge in [0.2, 0.25) is 11.7 Å². The molecule has 3 N–H and O–H groups in total. The molecule has 0 radical (unpaired) electrons. The van der Waals surface area contributed by atoms with Gasteiger partial charge in [0, 0.05) is 17.7 Å². The number of amides is 1. The molecule has 20 heavy (non-hydrogen) atoms. The fourth-order valence-electron chi connectivity index (χ4n) is 1.54. The Morgan fingerprint density at radius 1 is 1.20 bits per heavy atom. The van der Waals surface area contributed by atoms with Gasteiger partial charge in [-0.3, -0.25) is 14.9 Å². The molecular formula is C13H10N2O5. The number of primary amides is 1. The van der Waals surface area contributed by atoms with Crippen molar-refractivity contribution >= 4 is 11.6 Å². The van der Waals surface area contributed by atoms with Gasteiger partial charge in [-0.1, -0.05) is 0 Å². The lowest BCUT2D eigenvalue weighted by molar-refractivity contribution is -0.385. The minimum absolute atomic E-state index is 0.0396. The van der Waals surface area contributed by atoms with Crippen LogP contribution in [0.3, 0.4) is 0 Å². The van der Waals surface area contributed by atoms with E-state index in [1.165, 1.54) is 36.4 Å². The molecule has 0 aliphatic carbocycles. The van der Waals surface area contributed by atoms with E-state index >= 15 is 0 Å². The van der Waals surface area contributed by atoms with Crippen molar-refractivity contribution in [2.45, 2.75) is 0 Å². The van der Waals surface area contributed by atoms with Gasteiger partial charge in [-0.15, -0.1) is 0 Å². The molecule has 0 saturated carbocycles. The second-order valence-electron chi connectivity index (χ2n) is 3.90. The maximum absolute atomic E-state index is 11.1. The summed E-state index contributed by atoms with van der Waals surface area (Å²) in [6, 6.07) is 9.23. The number of nitro benzene ring substituents is 1. The van der Waals surface area contributed by atoms with Gasteiger partial charge in [0.1, 0.15) is 11.5 Å². The summed E-state index contributed by atoms with van der Waals surface area (Å²) in [5.41, 5.74) is 4.94. The normalized spacial score (nSPS) is 10.0. The van der Waals surface area contributed by atoms with Crippen LogP contribution in [-0.2, 0) is 0 Å². The largest absolute Gasteiger partial charge is 0.508 e. The first-order valence-corrected chi connectivity index (χ1v) is 5.52. The number of ether oxygens (including phenoxy) is 1. The van der Waals surface area contributed by atoms with Crippen LogP contribution in [0.25, 0.3) is 0 Å². The van der Waals surface area contributed by atoms with E-state index in [-0.39, 0.29) is 28.5 Å². The van der Waals surface area contributed by atoms with Crippen LogP contribution < -0.4 is 10.5 Å². The van der Waals surface area contributed by atoms with Gasteiger partial charge in [0.15, 0.2) is 0 Å². The summed E-state index contributed by atoms with van der Waals surface area (Å²) < 4.78 is 5.36. The van der Waals surface area contributed by atoms with Crippen molar-refractivity contribution in [2.75, 3.05) is 0 Å². The molecule has 7 heteroatoms. The average Bonchev–Trinajstić information content (AvgIpc) is 2.41. The smallest absolute Gasteiger partial charge is 0.311 e. The number of hydrogen-bond acceptors (Lipinski definition) is 5. The highest BCUT2D eigenvalue weighted by Crippen LogP contribution is 2.32. The highest BCUT2D eigenvalue weighted by molar-refractivity contribution is 5.93. The Morgan fingerprint density at radius 3 is 2.40 bits per heavy atom. The molecule has 0 heterocycles. The van der Waals surface area contributed by atoms with Crippen molar-refractivity contribution in [1.82, 2.24) is 0 Å². The molecule has 0 aliphatic rings. The van der Waals surface area contributed by atoms with Crippen LogP contribution >= 0.6 is 0 Å². The van der Waals surface area contributed by atoms with Gasteiger partial charge in [0.05, 0.1) is 4.92 Å². The van der Waals surface area contributed by atoms with Crippen LogP contribution in [0, 0.1) is 10.1 Å². The van der Waals surface area contributed by atoms with E-state index in [0.717, 1.165) is 6.07 Å². The minimum atomic E-state index is -0.713. The van der Waals surface area contributed by atoms with Crippen molar-refractivity contribution in [3.63, 3.8) is 0 Å². The lowest BCUT2D eigenvalue weighted by atomic mass is 10.2. The predicted octanol–water partition coefficient (Wildman–Crippen LogP) is 2.19. The molecule has 0 fully saturated rings. The standard InChI is InChI=1S/C13H10N2O5/c14-13(17)8-1-6-11(15(18)19)12(7-8)20-10-4-2-9(16)3-5-10/h1-7,16H,(H2,14,17). The Bertz CT molecular complexity index is 667. The molecule has 0 aromatic heterocycles. The third-order valence-electron chi connectivity index (χ3n) is 2.51. The number of benzene rings is 2. The summed E-state index contributed by atoms with van der Waals surface area (Å²) in [6.45, 7) is 0. The summed E-state index contributed by atoms with van der Waals surface area (Å²) >= 11 is 0. The van der Waals surface area contributed by atoms with E-state index in [0.29, 0.717) is 0 Å². The molecule has 0 bridgehead atoms. The number of nitrogens with zero attached hydrogens (tertiary/aromatic N) is 1. The molecule has 0 unspecified atom stereocenters. The number of nitro groups is 1. The van der Waals surface area contributed by atoms with E-state index in [1.54, 1.807) is 0 Å². The van der Waals surface area contributed by atoms with Crippen LogP contribution in [0.2, 0.25) is 0 Å². The van der Waals surface area contributed by atoms with E-state index in [4.69, 9.17) is 15.6 Å². The van der Waals surface area contributed by atoms with Crippen molar-refractivity contribution in [2.24, 2.45) is 5.73 Å². The molecule has 7 nitrogen and oxygen atoms in total. The Morgan fingerprint density at radius 2 is 1.85 bits per heavy atom. The van der Waals surface area contributed by atoms with E-state index in [2.05, 4.69) is 0 Å². The number of rotatable bonds is 4. The van der Waals surface area contributed by atoms with Gasteiger partial charge >= 0.3 is 5.69 Å². The zero-order valence-electron chi connectivity index (χ0n) is 10.1. The van der Waals surface area contributed by atoms with Crippen molar-refractivity contribution in [3.8, 4) is 17.2 Å². The fraction of sp³-hybridized carbons (Fsp3) is 0. The monoisotopic (exact) mass is 274 g/mol. The molecule has 0 spiro atoms. The van der Waals surface area contributed by atoms with Crippen molar-refractivity contribution in [1.29, 1.82) is 0 Å². The summed E-state index contributed by atoms with van der Waals surface area (Å²) in [5, 5.41) is 20.1. The van der Waals surface area contributed by atoms with Crippen molar-refractivity contribution < 1.29 is 19.6 Å². The van der Waals surface area contributed by atoms with Crippen LogP contribution in [0.1, 0.15) is 10.4 Å². The predicted molar refractivity (Wildman–Crippen MR) is 69.8 cm³/mol. The first kappa shape index (κ1) is 13.3. The second-order valence-corrected chi connectivity index (χ2v) is 3.90. The molecule has 1 amide bonds. The van der Waals surface area contributed by atoms with E-state index in [1.807, 2.05) is 0 Å². The number of carbonyl (C=O) groups is 1. The minimum Gasteiger partial charge on any atom is -0.508 e. The zero-order chi connectivity index (χ0) is 14.7. The van der Waals surface area contributed by atoms with E-state index < -0.39 is 10.8 Å². The van der Waals surface area contributed by atoms with Gasteiger partial charge in [-0.05, 0) is 30.3 Å². The van der Waals surface area contributed by atoms with Gasteiger partial charge in [-0.25, -0.2) is 0 Å². The lowest BCUT2D eigenvalue weighted by Crippen LogP contribution is -2.11. The quantitative estimate of drug-likeness (QED) is 0.654. The third-order valence-corrected chi connectivity index (χ3v) is 2.51. The van der Waals surface area contributed by atoms with Crippen molar-refractivity contribution in [3.05, 3.63) is 58.1 Å². The molecule has 102 valence electrons. The molecule has 2 rings (SSSR count). The molecular weight excluding hydrogens is 264 g/mol. The Hall–Kier alpha value is -3.09. The molecule has 0 aliphatic heterocycles. The fourth-order valence-corrected chi connectivity index (χ4v) is 1.54. The summed E-state index contributed by atoms with van der Waals surface area (Å²) in [4.78, 5) is 21.4. The maximum Gasteiger partial charge on any atom is 0.311 e. The Balaban J connectivity index is 2.41. The highest BCUT2D eigenvalue weighted by Gasteiger charge is 2.18. The highest BCUT2D eigenvalue weighted by atomic mass is 16.6. The SMILES string of the molecule is NC(=O)c1ccc([N+](=O)[O-])c(Oc2ccc(O)cc2)c1. The van der Waals surface area contributed by atoms with Gasteiger partial charge in [0.25, 0.3) is 0 Å². The number of carbonyl (C=O) groups excluding carboxylic acids is 1. The van der Waals surface area contributed by atoms with E-state index in [9.17, 15) is 14.9 Å². The topological polar surface area (TPSA) is 116 Å². The zero-order valence-corrected chi connectivity index (χ0v) is 10.1. The van der Waals surface area contributed by atoms with Crippen LogP contribution in [0.5, 0.6) is 17.2 Å². The van der Waals surface area contributed by atoms with Gasteiger partial charge < -0.3 is 15.6 Å². The molecule has 0 atom stereocenters. The molecule has 2 aromatic rings. The molecule has 2 aromatic carbocycles. The lowest BCUT2D eigenvalue weighted by Gasteiger charge is -2.07. The second kappa shape index (κ2) is 5.27. The van der Waals surface area contributed by atoms with Gasteiger partial charge in [-0.2, -0.15) is 0 Å². The van der Waals surface area contributed by atoms with Crippen LogP contribution in [0.15, 0.2) is 42.5 Å². The summed E-state index contributed by atoms with van der Waals surface area (Å²) in [7, 11) is 0. The number of phenols is 1. The van der Waals surface area contributed by atoms with Crippen LogP contribution in [-0.4, -0.2) is 15.9 Å². The third kappa shape index (κ3) is 2.83. The number of nitrogens with two attached hydrogens (primary N) is 1. The summed E-state index contributed by atoms with van der Waals surface area (Å²) in [5.74, 6) is -0.488. The van der Waals surface area contributed by atoms with Crippen LogP contribution in [0.4, 0.5) is 5.69 Å². The first-order valence-electron chi connectivity index (χ1n) is 5.52. The number of hydrogen-bond donors (Lipinski definition) is 2. The average molecular weight is 274 g/mol.